The molecule has 0 amide bonds. The molecule has 0 saturated carbocycles. The molecular weight excluding hydrogens is 503 g/mol. The van der Waals surface area contributed by atoms with E-state index >= 15 is 0 Å². The van der Waals surface area contributed by atoms with Gasteiger partial charge in [0.1, 0.15) is 23.5 Å². The number of alkyl halides is 3. The molecule has 0 radical (unpaired) electrons. The van der Waals surface area contributed by atoms with Gasteiger partial charge >= 0.3 is 6.18 Å². The van der Waals surface area contributed by atoms with Gasteiger partial charge < -0.3 is 4.74 Å². The van der Waals surface area contributed by atoms with Crippen LogP contribution in [0.4, 0.5) is 27.6 Å². The Bertz CT molecular complexity index is 1430. The third kappa shape index (κ3) is 5.14. The van der Waals surface area contributed by atoms with Crippen molar-refractivity contribution in [3.8, 4) is 22.9 Å². The molecule has 0 bridgehead atoms. The average Bonchev–Trinajstić information content (AvgIpc) is 2.84. The molecule has 0 unspecified atom stereocenters. The molecular formula is C25H19F5N2O3S. The zero-order valence-electron chi connectivity index (χ0n) is 18.6. The zero-order chi connectivity index (χ0) is 26.1. The van der Waals surface area contributed by atoms with E-state index < -0.39 is 44.4 Å². The number of nitriles is 1. The van der Waals surface area contributed by atoms with Gasteiger partial charge in [-0.3, -0.25) is 4.31 Å². The summed E-state index contributed by atoms with van der Waals surface area (Å²) >= 11 is 0. The third-order valence-corrected chi connectivity index (χ3v) is 7.47. The van der Waals surface area contributed by atoms with Crippen molar-refractivity contribution in [1.29, 1.82) is 5.26 Å². The van der Waals surface area contributed by atoms with E-state index in [1.54, 1.807) is 0 Å². The fourth-order valence-electron chi connectivity index (χ4n) is 3.95. The monoisotopic (exact) mass is 522 g/mol. The average molecular weight is 522 g/mol. The van der Waals surface area contributed by atoms with Crippen LogP contribution in [0, 0.1) is 23.0 Å². The number of rotatable bonds is 6. The van der Waals surface area contributed by atoms with Crippen molar-refractivity contribution in [3.63, 3.8) is 0 Å². The highest BCUT2D eigenvalue weighted by atomic mass is 32.2. The van der Waals surface area contributed by atoms with E-state index in [-0.39, 0.29) is 35.5 Å². The fourth-order valence-corrected chi connectivity index (χ4v) is 5.49. The maximum atomic E-state index is 14.4. The fraction of sp³-hybridized carbons (Fsp3) is 0.240. The standard InChI is InChI=1S/C25H19F5N2O3S/c26-18-8-9-22(27)21(14-18)16-7-10-24-23(12-16)32(15-19(35-24)5-1-2-11-31)36(33,34)20-6-3-4-17(13-20)25(28,29)30/h3-4,6-10,12-14,19H,1-2,5,15H2/t19-/m0/s1. The number of ether oxygens (including phenoxy) is 1. The molecule has 0 spiro atoms. The molecule has 1 aliphatic rings. The number of anilines is 1. The van der Waals surface area contributed by atoms with Crippen LogP contribution in [-0.2, 0) is 16.2 Å². The Kier molecular flexibility index (Phi) is 6.91. The van der Waals surface area contributed by atoms with E-state index in [0.717, 1.165) is 40.7 Å². The van der Waals surface area contributed by atoms with Crippen LogP contribution in [0.25, 0.3) is 11.1 Å². The molecule has 4 rings (SSSR count). The summed E-state index contributed by atoms with van der Waals surface area (Å²) in [6, 6.07) is 12.3. The van der Waals surface area contributed by atoms with Gasteiger partial charge in [0.15, 0.2) is 0 Å². The van der Waals surface area contributed by atoms with Gasteiger partial charge in [-0.1, -0.05) is 12.1 Å². The van der Waals surface area contributed by atoms with E-state index in [4.69, 9.17) is 10.00 Å². The predicted octanol–water partition coefficient (Wildman–Crippen LogP) is 6.30. The quantitative estimate of drug-likeness (QED) is 0.281. The largest absolute Gasteiger partial charge is 0.486 e. The van der Waals surface area contributed by atoms with Crippen molar-refractivity contribution < 1.29 is 35.1 Å². The summed E-state index contributed by atoms with van der Waals surface area (Å²) in [6.07, 6.45) is -4.48. The summed E-state index contributed by atoms with van der Waals surface area (Å²) < 4.78 is 102. The molecule has 0 aliphatic carbocycles. The highest BCUT2D eigenvalue weighted by Crippen LogP contribution is 2.41. The molecule has 0 N–H and O–H groups in total. The lowest BCUT2D eigenvalue weighted by atomic mass is 10.0. The summed E-state index contributed by atoms with van der Waals surface area (Å²) in [4.78, 5) is -0.580. The molecule has 0 fully saturated rings. The van der Waals surface area contributed by atoms with Gasteiger partial charge in [-0.2, -0.15) is 18.4 Å². The van der Waals surface area contributed by atoms with Gasteiger partial charge in [-0.05, 0) is 66.9 Å². The van der Waals surface area contributed by atoms with Gasteiger partial charge in [0, 0.05) is 12.0 Å². The topological polar surface area (TPSA) is 70.4 Å². The Morgan fingerprint density at radius 1 is 1.06 bits per heavy atom. The predicted molar refractivity (Wildman–Crippen MR) is 122 cm³/mol. The smallest absolute Gasteiger partial charge is 0.416 e. The SMILES string of the molecule is N#CCCC[C@H]1CN(S(=O)(=O)c2cccc(C(F)(F)F)c2)c2cc(-c3cc(F)ccc3F)ccc2O1. The van der Waals surface area contributed by atoms with E-state index in [1.165, 1.54) is 18.2 Å². The van der Waals surface area contributed by atoms with Crippen LogP contribution in [0.15, 0.2) is 65.6 Å². The molecule has 3 aromatic rings. The molecule has 0 aromatic heterocycles. The van der Waals surface area contributed by atoms with E-state index in [9.17, 15) is 30.4 Å². The first-order valence-electron chi connectivity index (χ1n) is 10.8. The lowest BCUT2D eigenvalue weighted by Gasteiger charge is -2.36. The molecule has 36 heavy (non-hydrogen) atoms. The Hall–Kier alpha value is -3.65. The number of unbranched alkanes of at least 4 members (excludes halogenated alkanes) is 1. The van der Waals surface area contributed by atoms with Gasteiger partial charge in [0.05, 0.1) is 28.8 Å². The van der Waals surface area contributed by atoms with Crippen LogP contribution in [0.3, 0.4) is 0 Å². The second-order valence-electron chi connectivity index (χ2n) is 8.16. The van der Waals surface area contributed by atoms with E-state index in [1.807, 2.05) is 6.07 Å². The minimum absolute atomic E-state index is 0.0230. The molecule has 0 saturated heterocycles. The van der Waals surface area contributed by atoms with Crippen molar-refractivity contribution >= 4 is 15.7 Å². The Balaban J connectivity index is 1.82. The number of fused-ring (bicyclic) bond motifs is 1. The normalized spacial score (nSPS) is 15.7. The van der Waals surface area contributed by atoms with Crippen molar-refractivity contribution in [1.82, 2.24) is 0 Å². The highest BCUT2D eigenvalue weighted by Gasteiger charge is 2.37. The van der Waals surface area contributed by atoms with Crippen LogP contribution < -0.4 is 9.04 Å². The Morgan fingerprint density at radius 3 is 2.56 bits per heavy atom. The molecule has 188 valence electrons. The minimum Gasteiger partial charge on any atom is -0.486 e. The summed E-state index contributed by atoms with van der Waals surface area (Å²) in [6.45, 7) is -0.244. The first-order chi connectivity index (χ1) is 17.0. The second-order valence-corrected chi connectivity index (χ2v) is 10.0. The van der Waals surface area contributed by atoms with Gasteiger partial charge in [0.2, 0.25) is 0 Å². The van der Waals surface area contributed by atoms with Crippen LogP contribution in [-0.4, -0.2) is 21.1 Å². The molecule has 5 nitrogen and oxygen atoms in total. The maximum absolute atomic E-state index is 14.4. The summed E-state index contributed by atoms with van der Waals surface area (Å²) in [7, 11) is -4.52. The maximum Gasteiger partial charge on any atom is 0.416 e. The number of hydrogen-bond donors (Lipinski definition) is 0. The Labute approximate surface area is 204 Å². The molecule has 1 atom stereocenters. The van der Waals surface area contributed by atoms with Crippen molar-refractivity contribution in [2.75, 3.05) is 10.8 Å². The number of sulfonamides is 1. The second kappa shape index (κ2) is 9.78. The first-order valence-corrected chi connectivity index (χ1v) is 12.3. The minimum atomic E-state index is -4.75. The van der Waals surface area contributed by atoms with Crippen molar-refractivity contribution in [2.45, 2.75) is 36.4 Å². The number of nitrogens with zero attached hydrogens (tertiary/aromatic N) is 2. The van der Waals surface area contributed by atoms with Gasteiger partial charge in [0.25, 0.3) is 10.0 Å². The molecule has 1 heterocycles. The number of hydrogen-bond acceptors (Lipinski definition) is 4. The van der Waals surface area contributed by atoms with E-state index in [2.05, 4.69) is 0 Å². The summed E-state index contributed by atoms with van der Waals surface area (Å²) in [5.41, 5.74) is -1.12. The molecule has 3 aromatic carbocycles. The zero-order valence-corrected chi connectivity index (χ0v) is 19.4. The molecule has 11 heteroatoms. The van der Waals surface area contributed by atoms with Crippen LogP contribution in [0.5, 0.6) is 5.75 Å². The number of halogens is 5. The summed E-state index contributed by atoms with van der Waals surface area (Å²) in [5, 5.41) is 8.81. The lowest BCUT2D eigenvalue weighted by molar-refractivity contribution is -0.137. The van der Waals surface area contributed by atoms with E-state index in [0.29, 0.717) is 18.9 Å². The van der Waals surface area contributed by atoms with Crippen LogP contribution >= 0.6 is 0 Å². The van der Waals surface area contributed by atoms with Crippen molar-refractivity contribution in [2.24, 2.45) is 0 Å². The first kappa shape index (κ1) is 25.4. The Morgan fingerprint density at radius 2 is 1.83 bits per heavy atom. The number of benzene rings is 3. The molecule has 1 aliphatic heterocycles. The van der Waals surface area contributed by atoms with Crippen molar-refractivity contribution in [3.05, 3.63) is 77.9 Å². The highest BCUT2D eigenvalue weighted by molar-refractivity contribution is 7.92. The van der Waals surface area contributed by atoms with Gasteiger partial charge in [-0.25, -0.2) is 17.2 Å². The summed E-state index contributed by atoms with van der Waals surface area (Å²) in [5.74, 6) is -1.33. The lowest BCUT2D eigenvalue weighted by Crippen LogP contribution is -2.43. The van der Waals surface area contributed by atoms with Crippen LogP contribution in [0.1, 0.15) is 24.8 Å². The van der Waals surface area contributed by atoms with Crippen LogP contribution in [0.2, 0.25) is 0 Å². The van der Waals surface area contributed by atoms with Gasteiger partial charge in [-0.15, -0.1) is 0 Å². The third-order valence-electron chi connectivity index (χ3n) is 5.69.